The first kappa shape index (κ1) is 13.1. The molecule has 2 aromatic rings. The third kappa shape index (κ3) is 2.82. The smallest absolute Gasteiger partial charge is 0.126 e. The fraction of sp³-hybridized carbons (Fsp3) is 0.333. The summed E-state index contributed by atoms with van der Waals surface area (Å²) in [7, 11) is 0. The van der Waals surface area contributed by atoms with Crippen LogP contribution in [0.5, 0.6) is 0 Å². The highest BCUT2D eigenvalue weighted by atomic mass is 19.1. The fourth-order valence-electron chi connectivity index (χ4n) is 2.77. The Balaban J connectivity index is 1.79. The maximum Gasteiger partial charge on any atom is 0.126 e. The molecule has 0 saturated carbocycles. The molecular weight excluding hydrogens is 260 g/mol. The summed E-state index contributed by atoms with van der Waals surface area (Å²) in [4.78, 5) is 10.6. The molecule has 0 spiro atoms. The van der Waals surface area contributed by atoms with Crippen LogP contribution in [0.25, 0.3) is 0 Å². The molecule has 1 aromatic heterocycles. The molecule has 1 fully saturated rings. The largest absolute Gasteiger partial charge is 0.290 e. The number of aromatic nitrogens is 2. The Morgan fingerprint density at radius 2 is 1.95 bits per heavy atom. The van der Waals surface area contributed by atoms with Crippen molar-refractivity contribution in [3.8, 4) is 0 Å². The van der Waals surface area contributed by atoms with Crippen LogP contribution in [0.15, 0.2) is 36.8 Å². The molecule has 0 unspecified atom stereocenters. The lowest BCUT2D eigenvalue weighted by Crippen LogP contribution is -2.23. The minimum Gasteiger partial charge on any atom is -0.290 e. The SMILES string of the molecule is Fc1cc(F)cc(CN2CCC[C@@H]2c2cnccn2)c1. The summed E-state index contributed by atoms with van der Waals surface area (Å²) in [6, 6.07) is 3.84. The molecule has 1 aliphatic rings. The standard InChI is InChI=1S/C15H15F2N3/c16-12-6-11(7-13(17)8-12)10-20-5-1-2-15(20)14-9-18-3-4-19-14/h3-4,6-9,15H,1-2,5,10H2/t15-/m1/s1. The molecule has 20 heavy (non-hydrogen) atoms. The molecule has 1 aliphatic heterocycles. The van der Waals surface area contributed by atoms with E-state index in [1.165, 1.54) is 12.1 Å². The van der Waals surface area contributed by atoms with Crippen molar-refractivity contribution in [1.82, 2.24) is 14.9 Å². The molecule has 1 aromatic carbocycles. The van der Waals surface area contributed by atoms with Crippen molar-refractivity contribution in [3.05, 3.63) is 59.7 Å². The van der Waals surface area contributed by atoms with Crippen molar-refractivity contribution in [2.45, 2.75) is 25.4 Å². The number of likely N-dealkylation sites (tertiary alicyclic amines) is 1. The first-order valence-corrected chi connectivity index (χ1v) is 6.67. The third-order valence-corrected chi connectivity index (χ3v) is 3.60. The highest BCUT2D eigenvalue weighted by molar-refractivity contribution is 5.18. The molecule has 3 nitrogen and oxygen atoms in total. The maximum atomic E-state index is 13.2. The van der Waals surface area contributed by atoms with Gasteiger partial charge in [0.15, 0.2) is 0 Å². The summed E-state index contributed by atoms with van der Waals surface area (Å²) in [5.74, 6) is -1.06. The van der Waals surface area contributed by atoms with E-state index in [2.05, 4.69) is 14.9 Å². The minimum absolute atomic E-state index is 0.176. The van der Waals surface area contributed by atoms with Gasteiger partial charge in [0, 0.05) is 31.2 Å². The number of benzene rings is 1. The molecule has 3 rings (SSSR count). The van der Waals surface area contributed by atoms with Crippen molar-refractivity contribution >= 4 is 0 Å². The number of halogens is 2. The molecule has 1 atom stereocenters. The van der Waals surface area contributed by atoms with Gasteiger partial charge in [-0.3, -0.25) is 14.9 Å². The van der Waals surface area contributed by atoms with Crippen LogP contribution in [-0.4, -0.2) is 21.4 Å². The van der Waals surface area contributed by atoms with Crippen LogP contribution >= 0.6 is 0 Å². The molecule has 5 heteroatoms. The zero-order valence-electron chi connectivity index (χ0n) is 11.0. The Labute approximate surface area is 116 Å². The van der Waals surface area contributed by atoms with E-state index in [0.29, 0.717) is 12.1 Å². The van der Waals surface area contributed by atoms with Crippen LogP contribution in [0.3, 0.4) is 0 Å². The Hall–Kier alpha value is -1.88. The van der Waals surface area contributed by atoms with Crippen LogP contribution in [-0.2, 0) is 6.54 Å². The highest BCUT2D eigenvalue weighted by Gasteiger charge is 2.27. The Morgan fingerprint density at radius 1 is 1.15 bits per heavy atom. The van der Waals surface area contributed by atoms with Crippen molar-refractivity contribution in [3.63, 3.8) is 0 Å². The summed E-state index contributed by atoms with van der Waals surface area (Å²) >= 11 is 0. The summed E-state index contributed by atoms with van der Waals surface area (Å²) in [5.41, 5.74) is 1.57. The predicted molar refractivity (Wildman–Crippen MR) is 70.8 cm³/mol. The van der Waals surface area contributed by atoms with Crippen LogP contribution in [0.4, 0.5) is 8.78 Å². The molecule has 0 aliphatic carbocycles. The zero-order chi connectivity index (χ0) is 13.9. The molecule has 1 saturated heterocycles. The van der Waals surface area contributed by atoms with Gasteiger partial charge in [-0.1, -0.05) is 0 Å². The van der Waals surface area contributed by atoms with E-state index in [1.807, 2.05) is 0 Å². The van der Waals surface area contributed by atoms with E-state index in [1.54, 1.807) is 18.6 Å². The molecule has 2 heterocycles. The maximum absolute atomic E-state index is 13.2. The minimum atomic E-state index is -0.532. The van der Waals surface area contributed by atoms with E-state index < -0.39 is 11.6 Å². The summed E-state index contributed by atoms with van der Waals surface area (Å²) in [6.07, 6.45) is 7.13. The second kappa shape index (κ2) is 5.63. The lowest BCUT2D eigenvalue weighted by molar-refractivity contribution is 0.243. The summed E-state index contributed by atoms with van der Waals surface area (Å²) < 4.78 is 26.5. The highest BCUT2D eigenvalue weighted by Crippen LogP contribution is 2.31. The Kier molecular flexibility index (Phi) is 3.69. The van der Waals surface area contributed by atoms with E-state index >= 15 is 0 Å². The molecule has 0 amide bonds. The molecular formula is C15H15F2N3. The fourth-order valence-corrected chi connectivity index (χ4v) is 2.77. The van der Waals surface area contributed by atoms with Crippen LogP contribution in [0.1, 0.15) is 30.1 Å². The molecule has 0 bridgehead atoms. The van der Waals surface area contributed by atoms with Crippen LogP contribution in [0.2, 0.25) is 0 Å². The third-order valence-electron chi connectivity index (χ3n) is 3.60. The number of hydrogen-bond donors (Lipinski definition) is 0. The summed E-state index contributed by atoms with van der Waals surface area (Å²) in [5, 5.41) is 0. The molecule has 0 radical (unpaired) electrons. The number of rotatable bonds is 3. The quantitative estimate of drug-likeness (QED) is 0.862. The second-order valence-electron chi connectivity index (χ2n) is 5.04. The van der Waals surface area contributed by atoms with Gasteiger partial charge >= 0.3 is 0 Å². The predicted octanol–water partition coefficient (Wildman–Crippen LogP) is 3.09. The second-order valence-corrected chi connectivity index (χ2v) is 5.04. The van der Waals surface area contributed by atoms with Gasteiger partial charge in [-0.15, -0.1) is 0 Å². The van der Waals surface area contributed by atoms with Crippen LogP contribution in [0, 0.1) is 11.6 Å². The van der Waals surface area contributed by atoms with Crippen molar-refractivity contribution in [2.24, 2.45) is 0 Å². The van der Waals surface area contributed by atoms with E-state index in [4.69, 9.17) is 0 Å². The Morgan fingerprint density at radius 3 is 2.65 bits per heavy atom. The monoisotopic (exact) mass is 275 g/mol. The van der Waals surface area contributed by atoms with Gasteiger partial charge in [0.2, 0.25) is 0 Å². The van der Waals surface area contributed by atoms with Crippen molar-refractivity contribution in [1.29, 1.82) is 0 Å². The van der Waals surface area contributed by atoms with E-state index in [-0.39, 0.29) is 6.04 Å². The van der Waals surface area contributed by atoms with Gasteiger partial charge < -0.3 is 0 Å². The van der Waals surface area contributed by atoms with E-state index in [0.717, 1.165) is 31.1 Å². The molecule has 0 N–H and O–H groups in total. The summed E-state index contributed by atoms with van der Waals surface area (Å²) in [6.45, 7) is 1.43. The van der Waals surface area contributed by atoms with Gasteiger partial charge in [-0.2, -0.15) is 0 Å². The first-order valence-electron chi connectivity index (χ1n) is 6.67. The van der Waals surface area contributed by atoms with Gasteiger partial charge in [-0.05, 0) is 37.1 Å². The van der Waals surface area contributed by atoms with Gasteiger partial charge in [-0.25, -0.2) is 8.78 Å². The van der Waals surface area contributed by atoms with E-state index in [9.17, 15) is 8.78 Å². The van der Waals surface area contributed by atoms with Crippen molar-refractivity contribution < 1.29 is 8.78 Å². The topological polar surface area (TPSA) is 29.0 Å². The van der Waals surface area contributed by atoms with Crippen LogP contribution < -0.4 is 0 Å². The molecule has 104 valence electrons. The van der Waals surface area contributed by atoms with Gasteiger partial charge in [0.05, 0.1) is 11.7 Å². The van der Waals surface area contributed by atoms with Gasteiger partial charge in [0.25, 0.3) is 0 Å². The number of hydrogen-bond acceptors (Lipinski definition) is 3. The number of nitrogens with zero attached hydrogens (tertiary/aromatic N) is 3. The zero-order valence-corrected chi connectivity index (χ0v) is 11.0. The lowest BCUT2D eigenvalue weighted by Gasteiger charge is -2.23. The van der Waals surface area contributed by atoms with Crippen molar-refractivity contribution in [2.75, 3.05) is 6.54 Å². The normalized spacial score (nSPS) is 19.4. The average molecular weight is 275 g/mol. The van der Waals surface area contributed by atoms with Gasteiger partial charge in [0.1, 0.15) is 11.6 Å². The first-order chi connectivity index (χ1) is 9.72. The lowest BCUT2D eigenvalue weighted by atomic mass is 10.1. The average Bonchev–Trinajstić information content (AvgIpc) is 2.86. The Bertz CT molecular complexity index is 569.